The molecule has 0 saturated carbocycles. The summed E-state index contributed by atoms with van der Waals surface area (Å²) in [6.07, 6.45) is 2.63. The average Bonchev–Trinajstić information content (AvgIpc) is 2.89. The lowest BCUT2D eigenvalue weighted by Gasteiger charge is -2.41. The van der Waals surface area contributed by atoms with Crippen molar-refractivity contribution >= 4 is 38.6 Å². The van der Waals surface area contributed by atoms with Gasteiger partial charge in [-0.25, -0.2) is 14.4 Å². The number of hydrogen-bond donors (Lipinski definition) is 2. The van der Waals surface area contributed by atoms with Crippen molar-refractivity contribution in [3.63, 3.8) is 0 Å². The van der Waals surface area contributed by atoms with Gasteiger partial charge in [0.1, 0.15) is 17.2 Å². The van der Waals surface area contributed by atoms with E-state index in [1.54, 1.807) is 0 Å². The molecule has 3 aromatic rings. The van der Waals surface area contributed by atoms with Gasteiger partial charge in [-0.1, -0.05) is 11.8 Å². The molecule has 2 aromatic carbocycles. The van der Waals surface area contributed by atoms with E-state index in [0.29, 0.717) is 11.6 Å². The number of carbonyl (C=O) groups excluding carboxylic acids is 1. The van der Waals surface area contributed by atoms with Crippen molar-refractivity contribution in [2.24, 2.45) is 10.7 Å². The van der Waals surface area contributed by atoms with Crippen LogP contribution in [0.3, 0.4) is 0 Å². The largest absolute Gasteiger partial charge is 0.534 e. The van der Waals surface area contributed by atoms with Gasteiger partial charge in [0.05, 0.1) is 24.3 Å². The fraction of sp³-hybridized carbons (Fsp3) is 0.217. The van der Waals surface area contributed by atoms with E-state index in [9.17, 15) is 26.4 Å². The van der Waals surface area contributed by atoms with E-state index in [1.807, 2.05) is 0 Å². The molecule has 210 valence electrons. The van der Waals surface area contributed by atoms with Crippen LogP contribution in [-0.2, 0) is 14.9 Å². The summed E-state index contributed by atoms with van der Waals surface area (Å²) >= 11 is 0.969. The summed E-state index contributed by atoms with van der Waals surface area (Å²) in [5.41, 5.74) is 0.867. The van der Waals surface area contributed by atoms with E-state index in [4.69, 9.17) is 15.2 Å². The Morgan fingerprint density at radius 2 is 1.95 bits per heavy atom. The number of ether oxygens (including phenoxy) is 2. The Morgan fingerprint density at radius 1 is 1.18 bits per heavy atom. The number of nitrogens with zero attached hydrogens (tertiary/aromatic N) is 3. The van der Waals surface area contributed by atoms with Gasteiger partial charge in [0.15, 0.2) is 16.7 Å². The van der Waals surface area contributed by atoms with Crippen LogP contribution in [0.1, 0.15) is 28.0 Å². The number of nitrogens with two attached hydrogens (primary N) is 1. The first-order chi connectivity index (χ1) is 18.8. The fourth-order valence-corrected chi connectivity index (χ4v) is 5.84. The number of amides is 1. The number of fused-ring (bicyclic) bond motifs is 4. The second kappa shape index (κ2) is 9.81. The number of anilines is 1. The molecule has 0 aliphatic carbocycles. The van der Waals surface area contributed by atoms with Gasteiger partial charge < -0.3 is 24.7 Å². The monoisotopic (exact) mass is 599 g/mol. The number of benzene rings is 2. The molecule has 2 aliphatic rings. The maximum absolute atomic E-state index is 15.2. The smallest absolute Gasteiger partial charge is 0.480 e. The number of aromatic nitrogens is 2. The summed E-state index contributed by atoms with van der Waals surface area (Å²) in [4.78, 5) is 24.8. The number of methoxy groups -OCH3 is 1. The molecule has 0 saturated heterocycles. The van der Waals surface area contributed by atoms with Crippen LogP contribution in [-0.4, -0.2) is 48.6 Å². The Kier molecular flexibility index (Phi) is 6.73. The van der Waals surface area contributed by atoms with Crippen LogP contribution in [0.5, 0.6) is 23.1 Å². The standard InChI is InChI=1S/C23H17F4N5O6S2/c1-36-18-10-30-16(9-31-18)20(33)32-11-2-3-17-13(6-11)22(4-5-29-21(28)39-22)14-7-12(8-15(24)19(14)37-17)38-40(34,35)23(25,26)27/h2-3,6-10H,4-5H2,1H3,(H2,28,29)(H,32,33)/t22-/m0/s1. The molecule has 0 unspecified atom stereocenters. The lowest BCUT2D eigenvalue weighted by molar-refractivity contribution is -0.0500. The van der Waals surface area contributed by atoms with Crippen molar-refractivity contribution in [1.29, 1.82) is 0 Å². The maximum atomic E-state index is 15.2. The minimum Gasteiger partial charge on any atom is -0.480 e. The van der Waals surface area contributed by atoms with Gasteiger partial charge >= 0.3 is 15.6 Å². The lowest BCUT2D eigenvalue weighted by atomic mass is 9.83. The zero-order chi connectivity index (χ0) is 28.9. The summed E-state index contributed by atoms with van der Waals surface area (Å²) in [6.45, 7) is 0.142. The van der Waals surface area contributed by atoms with Crippen LogP contribution in [0, 0.1) is 5.82 Å². The molecule has 3 heterocycles. The third kappa shape index (κ3) is 4.85. The quantitative estimate of drug-likeness (QED) is 0.251. The average molecular weight is 600 g/mol. The first-order valence-electron chi connectivity index (χ1n) is 11.2. The Hall–Kier alpha value is -4.12. The number of carbonyl (C=O) groups is 1. The molecule has 0 bridgehead atoms. The van der Waals surface area contributed by atoms with Gasteiger partial charge in [-0.05, 0) is 30.7 Å². The molecule has 5 rings (SSSR count). The minimum atomic E-state index is -6.09. The zero-order valence-electron chi connectivity index (χ0n) is 20.2. The van der Waals surface area contributed by atoms with E-state index < -0.39 is 37.8 Å². The molecule has 1 aromatic heterocycles. The molecule has 11 nitrogen and oxygen atoms in total. The van der Waals surface area contributed by atoms with Gasteiger partial charge in [-0.2, -0.15) is 21.6 Å². The molecule has 0 radical (unpaired) electrons. The zero-order valence-corrected chi connectivity index (χ0v) is 21.8. The summed E-state index contributed by atoms with van der Waals surface area (Å²) in [6, 6.07) is 5.92. The highest BCUT2D eigenvalue weighted by molar-refractivity contribution is 8.14. The Balaban J connectivity index is 1.57. The van der Waals surface area contributed by atoms with Crippen molar-refractivity contribution in [2.75, 3.05) is 19.0 Å². The normalized spacial score (nSPS) is 18.2. The first-order valence-corrected chi connectivity index (χ1v) is 13.4. The molecule has 3 N–H and O–H groups in total. The van der Waals surface area contributed by atoms with E-state index in [-0.39, 0.29) is 52.5 Å². The summed E-state index contributed by atoms with van der Waals surface area (Å²) in [7, 11) is -4.70. The first kappa shape index (κ1) is 27.4. The van der Waals surface area contributed by atoms with Crippen LogP contribution in [0.25, 0.3) is 0 Å². The highest BCUT2D eigenvalue weighted by Crippen LogP contribution is 2.58. The van der Waals surface area contributed by atoms with E-state index >= 15 is 4.39 Å². The third-order valence-electron chi connectivity index (χ3n) is 5.91. The second-order valence-electron chi connectivity index (χ2n) is 8.38. The van der Waals surface area contributed by atoms with E-state index in [2.05, 4.69) is 24.5 Å². The Morgan fingerprint density at radius 3 is 2.60 bits per heavy atom. The van der Waals surface area contributed by atoms with Crippen molar-refractivity contribution in [3.05, 3.63) is 65.4 Å². The lowest BCUT2D eigenvalue weighted by Crippen LogP contribution is -2.35. The number of alkyl halides is 3. The van der Waals surface area contributed by atoms with Crippen LogP contribution < -0.4 is 24.7 Å². The highest BCUT2D eigenvalue weighted by atomic mass is 32.2. The number of halogens is 4. The number of rotatable bonds is 5. The molecule has 1 atom stereocenters. The van der Waals surface area contributed by atoms with Crippen molar-refractivity contribution < 1.29 is 44.4 Å². The van der Waals surface area contributed by atoms with Gasteiger partial charge in [0.2, 0.25) is 5.88 Å². The van der Waals surface area contributed by atoms with Crippen LogP contribution in [0.15, 0.2) is 47.7 Å². The number of hydrogen-bond acceptors (Lipinski definition) is 11. The van der Waals surface area contributed by atoms with Gasteiger partial charge in [0, 0.05) is 29.4 Å². The minimum absolute atomic E-state index is 0.0204. The highest BCUT2D eigenvalue weighted by Gasteiger charge is 2.50. The van der Waals surface area contributed by atoms with Crippen LogP contribution in [0.4, 0.5) is 23.2 Å². The predicted octanol–water partition coefficient (Wildman–Crippen LogP) is 3.91. The van der Waals surface area contributed by atoms with Gasteiger partial charge in [-0.15, -0.1) is 0 Å². The molecule has 0 fully saturated rings. The Labute approximate surface area is 227 Å². The van der Waals surface area contributed by atoms with Crippen LogP contribution >= 0.6 is 11.8 Å². The van der Waals surface area contributed by atoms with Crippen LogP contribution in [0.2, 0.25) is 0 Å². The van der Waals surface area contributed by atoms with Crippen molar-refractivity contribution in [2.45, 2.75) is 16.7 Å². The number of nitrogens with one attached hydrogen (secondary N) is 1. The maximum Gasteiger partial charge on any atom is 0.534 e. The van der Waals surface area contributed by atoms with E-state index in [0.717, 1.165) is 17.8 Å². The molecule has 40 heavy (non-hydrogen) atoms. The van der Waals surface area contributed by atoms with Crippen molar-refractivity contribution in [3.8, 4) is 23.1 Å². The molecule has 1 spiro atoms. The number of amidine groups is 1. The fourth-order valence-electron chi connectivity index (χ4n) is 4.16. The predicted molar refractivity (Wildman–Crippen MR) is 135 cm³/mol. The summed E-state index contributed by atoms with van der Waals surface area (Å²) in [5, 5.41) is 2.75. The van der Waals surface area contributed by atoms with Gasteiger partial charge in [0.25, 0.3) is 5.91 Å². The Bertz CT molecular complexity index is 1650. The number of thioether (sulfide) groups is 1. The topological polar surface area (TPSA) is 155 Å². The third-order valence-corrected chi connectivity index (χ3v) is 8.22. The van der Waals surface area contributed by atoms with E-state index in [1.165, 1.54) is 37.7 Å². The molecular formula is C23H17F4N5O6S2. The second-order valence-corrected chi connectivity index (χ2v) is 11.2. The SMILES string of the molecule is COc1cnc(C(=O)Nc2ccc3c(c2)[C@@]2(CCN=C(N)S2)c2cc(OS(=O)(=O)C(F)(F)F)cc(F)c2O3)cn1. The molecular weight excluding hydrogens is 582 g/mol. The summed E-state index contributed by atoms with van der Waals surface area (Å²) in [5.74, 6) is -2.66. The van der Waals surface area contributed by atoms with Crippen molar-refractivity contribution in [1.82, 2.24) is 9.97 Å². The van der Waals surface area contributed by atoms with Gasteiger partial charge in [-0.3, -0.25) is 9.79 Å². The molecule has 2 aliphatic heterocycles. The number of aliphatic imine (C=N–C) groups is 1. The molecule has 1 amide bonds. The molecule has 17 heteroatoms. The summed E-state index contributed by atoms with van der Waals surface area (Å²) < 4.78 is 90.9.